The minimum Gasteiger partial charge on any atom is -0.383 e. The van der Waals surface area contributed by atoms with Crippen LogP contribution >= 0.6 is 0 Å². The Morgan fingerprint density at radius 1 is 1.17 bits per heavy atom. The van der Waals surface area contributed by atoms with E-state index in [0.717, 1.165) is 25.5 Å². The number of nitrogen functional groups attached to an aromatic ring is 1. The van der Waals surface area contributed by atoms with Crippen molar-refractivity contribution in [2.45, 2.75) is 18.9 Å². The smallest absolute Gasteiger partial charge is 0.215 e. The zero-order valence-electron chi connectivity index (χ0n) is 13.6. The highest BCUT2D eigenvalue weighted by Crippen LogP contribution is 2.25. The van der Waals surface area contributed by atoms with Crippen molar-refractivity contribution in [1.29, 1.82) is 0 Å². The van der Waals surface area contributed by atoms with Gasteiger partial charge in [0.1, 0.15) is 17.3 Å². The molecule has 2 aliphatic rings. The van der Waals surface area contributed by atoms with Gasteiger partial charge in [-0.25, -0.2) is 9.97 Å². The Bertz CT molecular complexity index is 763. The fourth-order valence-electron chi connectivity index (χ4n) is 3.67. The molecule has 6 heteroatoms. The quantitative estimate of drug-likeness (QED) is 0.864. The lowest BCUT2D eigenvalue weighted by Crippen LogP contribution is -2.50. The maximum Gasteiger partial charge on any atom is 0.215 e. The lowest BCUT2D eigenvalue weighted by Gasteiger charge is -2.38. The van der Waals surface area contributed by atoms with E-state index in [1.807, 2.05) is 12.1 Å². The van der Waals surface area contributed by atoms with Gasteiger partial charge in [-0.3, -0.25) is 9.69 Å². The van der Waals surface area contributed by atoms with Gasteiger partial charge in [0.05, 0.1) is 5.56 Å². The molecule has 24 heavy (non-hydrogen) atoms. The first-order valence-corrected chi connectivity index (χ1v) is 8.43. The van der Waals surface area contributed by atoms with E-state index < -0.39 is 0 Å². The number of aromatic nitrogens is 2. The standard InChI is InChI=1S/C18H21N5O/c19-18-14(5-2-8-20-18)17(24)15-6-1-7-16(21-15)23-11-10-22-9-3-4-13(22)12-23/h1-2,5-8,13H,3-4,9-12H2,(H2,19,20)/t13-/m0/s1. The van der Waals surface area contributed by atoms with E-state index in [9.17, 15) is 4.79 Å². The fraction of sp³-hybridized carbons (Fsp3) is 0.389. The molecule has 2 saturated heterocycles. The summed E-state index contributed by atoms with van der Waals surface area (Å²) in [5, 5.41) is 0. The number of rotatable bonds is 3. The fourth-order valence-corrected chi connectivity index (χ4v) is 3.67. The van der Waals surface area contributed by atoms with Crippen molar-refractivity contribution in [3.63, 3.8) is 0 Å². The van der Waals surface area contributed by atoms with Gasteiger partial charge in [0.2, 0.25) is 5.78 Å². The van der Waals surface area contributed by atoms with Crippen LogP contribution < -0.4 is 10.6 Å². The molecule has 4 heterocycles. The van der Waals surface area contributed by atoms with E-state index in [1.165, 1.54) is 19.4 Å². The zero-order chi connectivity index (χ0) is 16.5. The predicted octanol–water partition coefficient (Wildman–Crippen LogP) is 1.57. The third-order valence-corrected chi connectivity index (χ3v) is 4.96. The number of anilines is 2. The molecule has 124 valence electrons. The maximum atomic E-state index is 12.7. The van der Waals surface area contributed by atoms with Gasteiger partial charge in [0, 0.05) is 31.9 Å². The number of fused-ring (bicyclic) bond motifs is 1. The molecular formula is C18H21N5O. The molecule has 0 radical (unpaired) electrons. The predicted molar refractivity (Wildman–Crippen MR) is 93.1 cm³/mol. The van der Waals surface area contributed by atoms with E-state index in [2.05, 4.69) is 19.8 Å². The summed E-state index contributed by atoms with van der Waals surface area (Å²) in [5.74, 6) is 0.936. The van der Waals surface area contributed by atoms with Gasteiger partial charge in [-0.15, -0.1) is 0 Å². The second-order valence-electron chi connectivity index (χ2n) is 6.42. The topological polar surface area (TPSA) is 75.3 Å². The van der Waals surface area contributed by atoms with Crippen LogP contribution in [0.15, 0.2) is 36.5 Å². The number of hydrogen-bond acceptors (Lipinski definition) is 6. The van der Waals surface area contributed by atoms with Gasteiger partial charge in [-0.05, 0) is 43.7 Å². The normalized spacial score (nSPS) is 20.8. The van der Waals surface area contributed by atoms with Crippen molar-refractivity contribution in [2.75, 3.05) is 36.8 Å². The Labute approximate surface area is 141 Å². The van der Waals surface area contributed by atoms with E-state index >= 15 is 0 Å². The molecule has 0 aliphatic carbocycles. The Hall–Kier alpha value is -2.47. The number of hydrogen-bond donors (Lipinski definition) is 1. The number of carbonyl (C=O) groups is 1. The molecule has 0 amide bonds. The summed E-state index contributed by atoms with van der Waals surface area (Å²) in [5.41, 5.74) is 6.65. The average Bonchev–Trinajstić information content (AvgIpc) is 3.09. The Morgan fingerprint density at radius 2 is 2.08 bits per heavy atom. The molecule has 6 nitrogen and oxygen atoms in total. The van der Waals surface area contributed by atoms with Gasteiger partial charge in [0.15, 0.2) is 0 Å². The van der Waals surface area contributed by atoms with Crippen LogP contribution in [-0.4, -0.2) is 52.9 Å². The van der Waals surface area contributed by atoms with Crippen LogP contribution in [-0.2, 0) is 0 Å². The van der Waals surface area contributed by atoms with Gasteiger partial charge in [0.25, 0.3) is 0 Å². The van der Waals surface area contributed by atoms with Gasteiger partial charge in [-0.2, -0.15) is 0 Å². The molecule has 2 aliphatic heterocycles. The second kappa shape index (κ2) is 6.20. The number of nitrogens with two attached hydrogens (primary N) is 1. The van der Waals surface area contributed by atoms with Gasteiger partial charge in [-0.1, -0.05) is 6.07 Å². The molecule has 2 aromatic rings. The van der Waals surface area contributed by atoms with Crippen molar-refractivity contribution in [1.82, 2.24) is 14.9 Å². The van der Waals surface area contributed by atoms with E-state index in [4.69, 9.17) is 5.73 Å². The summed E-state index contributed by atoms with van der Waals surface area (Å²) in [7, 11) is 0. The molecule has 0 saturated carbocycles. The molecule has 2 aromatic heterocycles. The largest absolute Gasteiger partial charge is 0.383 e. The SMILES string of the molecule is Nc1ncccc1C(=O)c1cccc(N2CCN3CCC[C@H]3C2)n1. The summed E-state index contributed by atoms with van der Waals surface area (Å²) in [6, 6.07) is 9.64. The van der Waals surface area contributed by atoms with Crippen molar-refractivity contribution in [3.05, 3.63) is 47.8 Å². The lowest BCUT2D eigenvalue weighted by atomic mass is 10.1. The molecule has 2 fully saturated rings. The van der Waals surface area contributed by atoms with Crippen molar-refractivity contribution in [2.24, 2.45) is 0 Å². The molecule has 0 bridgehead atoms. The monoisotopic (exact) mass is 323 g/mol. The Balaban J connectivity index is 1.58. The van der Waals surface area contributed by atoms with Gasteiger partial charge < -0.3 is 10.6 Å². The van der Waals surface area contributed by atoms with Crippen molar-refractivity contribution in [3.8, 4) is 0 Å². The van der Waals surface area contributed by atoms with Crippen LogP contribution in [0.25, 0.3) is 0 Å². The van der Waals surface area contributed by atoms with Crippen molar-refractivity contribution >= 4 is 17.4 Å². The highest BCUT2D eigenvalue weighted by Gasteiger charge is 2.31. The number of carbonyl (C=O) groups excluding carboxylic acids is 1. The Kier molecular flexibility index (Phi) is 3.90. The van der Waals surface area contributed by atoms with E-state index in [1.54, 1.807) is 24.4 Å². The first-order valence-electron chi connectivity index (χ1n) is 8.43. The molecule has 1 atom stereocenters. The molecular weight excluding hydrogens is 302 g/mol. The molecule has 0 spiro atoms. The minimum atomic E-state index is -0.179. The second-order valence-corrected chi connectivity index (χ2v) is 6.42. The van der Waals surface area contributed by atoms with E-state index in [0.29, 0.717) is 17.3 Å². The Morgan fingerprint density at radius 3 is 2.96 bits per heavy atom. The minimum absolute atomic E-state index is 0.179. The lowest BCUT2D eigenvalue weighted by molar-refractivity contribution is 0.103. The molecule has 0 unspecified atom stereocenters. The van der Waals surface area contributed by atoms with Gasteiger partial charge >= 0.3 is 0 Å². The van der Waals surface area contributed by atoms with Crippen LogP contribution in [0.4, 0.5) is 11.6 Å². The molecule has 0 aromatic carbocycles. The number of piperazine rings is 1. The number of ketones is 1. The average molecular weight is 323 g/mol. The van der Waals surface area contributed by atoms with Crippen molar-refractivity contribution < 1.29 is 4.79 Å². The van der Waals surface area contributed by atoms with Crippen LogP contribution in [0.1, 0.15) is 28.9 Å². The first kappa shape index (κ1) is 15.1. The first-order chi connectivity index (χ1) is 11.7. The summed E-state index contributed by atoms with van der Waals surface area (Å²) in [4.78, 5) is 26.1. The third kappa shape index (κ3) is 2.73. The van der Waals surface area contributed by atoms with Crippen LogP contribution in [0.5, 0.6) is 0 Å². The van der Waals surface area contributed by atoms with Crippen LogP contribution in [0.2, 0.25) is 0 Å². The number of pyridine rings is 2. The third-order valence-electron chi connectivity index (χ3n) is 4.96. The zero-order valence-corrected chi connectivity index (χ0v) is 13.6. The highest BCUT2D eigenvalue weighted by atomic mass is 16.1. The van der Waals surface area contributed by atoms with Crippen LogP contribution in [0.3, 0.4) is 0 Å². The summed E-state index contributed by atoms with van der Waals surface area (Å²) in [6.07, 6.45) is 4.11. The van der Waals surface area contributed by atoms with Crippen LogP contribution in [0, 0.1) is 0 Å². The highest BCUT2D eigenvalue weighted by molar-refractivity contribution is 6.10. The summed E-state index contributed by atoms with van der Waals surface area (Å²) < 4.78 is 0. The maximum absolute atomic E-state index is 12.7. The van der Waals surface area contributed by atoms with E-state index in [-0.39, 0.29) is 11.6 Å². The summed E-state index contributed by atoms with van der Waals surface area (Å²) >= 11 is 0. The summed E-state index contributed by atoms with van der Waals surface area (Å²) in [6.45, 7) is 4.22. The molecule has 2 N–H and O–H groups in total. The number of nitrogens with zero attached hydrogens (tertiary/aromatic N) is 4. The molecule has 4 rings (SSSR count).